The number of aromatic nitrogens is 1. The molecule has 20 heavy (non-hydrogen) atoms. The molecule has 0 bridgehead atoms. The van der Waals surface area contributed by atoms with Gasteiger partial charge in [0.15, 0.2) is 0 Å². The van der Waals surface area contributed by atoms with Crippen LogP contribution in [0.1, 0.15) is 22.3 Å². The molecule has 0 aliphatic rings. The highest BCUT2D eigenvalue weighted by Crippen LogP contribution is 2.22. The Morgan fingerprint density at radius 2 is 2.00 bits per heavy atom. The van der Waals surface area contributed by atoms with Gasteiger partial charge in [-0.3, -0.25) is 4.98 Å². The Bertz CT molecular complexity index is 585. The highest BCUT2D eigenvalue weighted by Gasteiger charge is 2.11. The number of carboxylic acids is 1. The predicted octanol–water partition coefficient (Wildman–Crippen LogP) is 2.37. The summed E-state index contributed by atoms with van der Waals surface area (Å²) in [5.41, 5.74) is 7.43. The summed E-state index contributed by atoms with van der Waals surface area (Å²) in [7, 11) is 0. The van der Waals surface area contributed by atoms with Crippen molar-refractivity contribution in [3.8, 4) is 5.75 Å². The molecule has 0 spiro atoms. The monoisotopic (exact) mass is 272 g/mol. The fourth-order valence-corrected chi connectivity index (χ4v) is 1.84. The smallest absolute Gasteiger partial charge is 0.339 e. The quantitative estimate of drug-likeness (QED) is 0.623. The number of aryl methyl sites for hydroxylation is 1. The van der Waals surface area contributed by atoms with Crippen molar-refractivity contribution in [2.75, 3.05) is 12.3 Å². The molecular formula is C15H16N2O3. The maximum atomic E-state index is 11.1. The van der Waals surface area contributed by atoms with Crippen LogP contribution in [-0.4, -0.2) is 22.7 Å². The van der Waals surface area contributed by atoms with E-state index in [1.165, 1.54) is 17.7 Å². The van der Waals surface area contributed by atoms with E-state index in [0.717, 1.165) is 12.8 Å². The average molecular weight is 272 g/mol. The van der Waals surface area contributed by atoms with Crippen LogP contribution in [0.5, 0.6) is 5.75 Å². The van der Waals surface area contributed by atoms with Crippen molar-refractivity contribution in [1.29, 1.82) is 0 Å². The maximum absolute atomic E-state index is 11.1. The van der Waals surface area contributed by atoms with Crippen molar-refractivity contribution in [3.63, 3.8) is 0 Å². The number of anilines is 1. The molecule has 3 N–H and O–H groups in total. The van der Waals surface area contributed by atoms with Crippen molar-refractivity contribution in [2.24, 2.45) is 0 Å². The molecule has 0 aliphatic heterocycles. The largest absolute Gasteiger partial charge is 0.493 e. The normalized spacial score (nSPS) is 10.2. The lowest BCUT2D eigenvalue weighted by atomic mass is 10.1. The summed E-state index contributed by atoms with van der Waals surface area (Å²) in [6, 6.07) is 8.44. The number of hydrogen-bond acceptors (Lipinski definition) is 4. The number of ether oxygens (including phenoxy) is 1. The number of hydrogen-bond donors (Lipinski definition) is 2. The molecule has 0 atom stereocenters. The number of nitrogens with two attached hydrogens (primary N) is 1. The summed E-state index contributed by atoms with van der Waals surface area (Å²) in [5.74, 6) is -0.707. The summed E-state index contributed by atoms with van der Waals surface area (Å²) >= 11 is 0. The lowest BCUT2D eigenvalue weighted by molar-refractivity contribution is 0.0692. The number of carboxylic acid groups (broad SMARTS) is 1. The molecule has 1 heterocycles. The molecule has 104 valence electrons. The lowest BCUT2D eigenvalue weighted by Crippen LogP contribution is -2.06. The zero-order valence-electron chi connectivity index (χ0n) is 11.0. The van der Waals surface area contributed by atoms with Crippen LogP contribution in [0, 0.1) is 0 Å². The van der Waals surface area contributed by atoms with E-state index in [0.29, 0.717) is 18.0 Å². The van der Waals surface area contributed by atoms with Gasteiger partial charge in [-0.15, -0.1) is 0 Å². The summed E-state index contributed by atoms with van der Waals surface area (Å²) in [6.07, 6.45) is 5.14. The Morgan fingerprint density at radius 3 is 2.70 bits per heavy atom. The lowest BCUT2D eigenvalue weighted by Gasteiger charge is -2.10. The van der Waals surface area contributed by atoms with Gasteiger partial charge in [-0.2, -0.15) is 0 Å². The molecular weight excluding hydrogens is 256 g/mol. The topological polar surface area (TPSA) is 85.4 Å². The van der Waals surface area contributed by atoms with E-state index in [9.17, 15) is 4.79 Å². The van der Waals surface area contributed by atoms with E-state index in [1.54, 1.807) is 18.5 Å². The second-order valence-corrected chi connectivity index (χ2v) is 4.37. The van der Waals surface area contributed by atoms with Crippen LogP contribution in [0.25, 0.3) is 0 Å². The zero-order chi connectivity index (χ0) is 14.4. The van der Waals surface area contributed by atoms with Gasteiger partial charge in [-0.05, 0) is 42.7 Å². The third-order valence-corrected chi connectivity index (χ3v) is 2.85. The van der Waals surface area contributed by atoms with E-state index >= 15 is 0 Å². The van der Waals surface area contributed by atoms with Gasteiger partial charge >= 0.3 is 5.97 Å². The summed E-state index contributed by atoms with van der Waals surface area (Å²) in [4.78, 5) is 15.0. The minimum absolute atomic E-state index is 0.128. The van der Waals surface area contributed by atoms with Crippen LogP contribution in [0.4, 0.5) is 5.69 Å². The molecule has 1 aromatic heterocycles. The first kappa shape index (κ1) is 13.9. The third-order valence-electron chi connectivity index (χ3n) is 2.85. The Balaban J connectivity index is 1.91. The second-order valence-electron chi connectivity index (χ2n) is 4.37. The van der Waals surface area contributed by atoms with E-state index in [1.807, 2.05) is 12.1 Å². The second kappa shape index (κ2) is 6.56. The number of benzene rings is 1. The molecule has 0 fully saturated rings. The Labute approximate surface area is 117 Å². The molecule has 5 nitrogen and oxygen atoms in total. The fourth-order valence-electron chi connectivity index (χ4n) is 1.84. The predicted molar refractivity (Wildman–Crippen MR) is 75.9 cm³/mol. The van der Waals surface area contributed by atoms with Gasteiger partial charge < -0.3 is 15.6 Å². The van der Waals surface area contributed by atoms with E-state index < -0.39 is 5.97 Å². The number of carbonyl (C=O) groups is 1. The SMILES string of the molecule is Nc1ccc(C(=O)O)c(OCCCc2ccncc2)c1. The van der Waals surface area contributed by atoms with Gasteiger partial charge in [0.25, 0.3) is 0 Å². The van der Waals surface area contributed by atoms with Crippen molar-refractivity contribution in [2.45, 2.75) is 12.8 Å². The molecule has 2 aromatic rings. The standard InChI is InChI=1S/C15H16N2O3/c16-12-3-4-13(15(18)19)14(10-12)20-9-1-2-11-5-7-17-8-6-11/h3-8,10H,1-2,9,16H2,(H,18,19). The molecule has 0 radical (unpaired) electrons. The van der Waals surface area contributed by atoms with Crippen LogP contribution in [0.15, 0.2) is 42.7 Å². The van der Waals surface area contributed by atoms with Gasteiger partial charge in [0, 0.05) is 24.1 Å². The van der Waals surface area contributed by atoms with Crippen LogP contribution in [0.3, 0.4) is 0 Å². The van der Waals surface area contributed by atoms with Gasteiger partial charge in [-0.1, -0.05) is 0 Å². The van der Waals surface area contributed by atoms with Crippen LogP contribution in [-0.2, 0) is 6.42 Å². The molecule has 0 saturated carbocycles. The number of pyridine rings is 1. The highest BCUT2D eigenvalue weighted by molar-refractivity contribution is 5.91. The van der Waals surface area contributed by atoms with Crippen LogP contribution in [0.2, 0.25) is 0 Å². The van der Waals surface area contributed by atoms with Crippen LogP contribution >= 0.6 is 0 Å². The van der Waals surface area contributed by atoms with Crippen molar-refractivity contribution in [1.82, 2.24) is 4.98 Å². The van der Waals surface area contributed by atoms with Crippen LogP contribution < -0.4 is 10.5 Å². The average Bonchev–Trinajstić information content (AvgIpc) is 2.44. The van der Waals surface area contributed by atoms with Crippen molar-refractivity contribution >= 4 is 11.7 Å². The summed E-state index contributed by atoms with van der Waals surface area (Å²) in [5, 5.41) is 9.06. The minimum Gasteiger partial charge on any atom is -0.493 e. The number of aromatic carboxylic acids is 1. The number of nitrogen functional groups attached to an aromatic ring is 1. The fraction of sp³-hybridized carbons (Fsp3) is 0.200. The van der Waals surface area contributed by atoms with Gasteiger partial charge in [0.2, 0.25) is 0 Å². The number of rotatable bonds is 6. The van der Waals surface area contributed by atoms with Crippen molar-refractivity contribution in [3.05, 3.63) is 53.9 Å². The number of nitrogens with zero attached hydrogens (tertiary/aromatic N) is 1. The first-order valence-corrected chi connectivity index (χ1v) is 6.31. The molecule has 0 unspecified atom stereocenters. The first-order chi connectivity index (χ1) is 9.66. The van der Waals surface area contributed by atoms with Crippen molar-refractivity contribution < 1.29 is 14.6 Å². The van der Waals surface area contributed by atoms with Gasteiger partial charge in [-0.25, -0.2) is 4.79 Å². The van der Waals surface area contributed by atoms with E-state index in [-0.39, 0.29) is 5.56 Å². The van der Waals surface area contributed by atoms with Gasteiger partial charge in [0.05, 0.1) is 6.61 Å². The third kappa shape index (κ3) is 3.71. The Kier molecular flexibility index (Phi) is 4.55. The van der Waals surface area contributed by atoms with E-state index in [4.69, 9.17) is 15.6 Å². The van der Waals surface area contributed by atoms with Gasteiger partial charge in [0.1, 0.15) is 11.3 Å². The molecule has 2 rings (SSSR count). The highest BCUT2D eigenvalue weighted by atomic mass is 16.5. The molecule has 1 aromatic carbocycles. The Morgan fingerprint density at radius 1 is 1.25 bits per heavy atom. The minimum atomic E-state index is -1.02. The molecule has 0 amide bonds. The zero-order valence-corrected chi connectivity index (χ0v) is 11.0. The summed E-state index contributed by atoms with van der Waals surface area (Å²) in [6.45, 7) is 0.437. The summed E-state index contributed by atoms with van der Waals surface area (Å²) < 4.78 is 5.52. The molecule has 5 heteroatoms. The maximum Gasteiger partial charge on any atom is 0.339 e. The molecule has 0 saturated heterocycles. The molecule has 0 aliphatic carbocycles. The Hall–Kier alpha value is -2.56. The van der Waals surface area contributed by atoms with E-state index in [2.05, 4.69) is 4.98 Å². The first-order valence-electron chi connectivity index (χ1n) is 6.31.